The molecule has 2 heterocycles. The maximum atomic E-state index is 12.9. The number of carbonyl (C=O) groups excluding carboxylic acids is 2. The predicted molar refractivity (Wildman–Crippen MR) is 117 cm³/mol. The number of rotatable bonds is 8. The molecule has 7 nitrogen and oxygen atoms in total. The van der Waals surface area contributed by atoms with E-state index in [-0.39, 0.29) is 11.8 Å². The Morgan fingerprint density at radius 3 is 2.83 bits per heavy atom. The SMILES string of the molecule is COCCCNC(=O)c1cn2c(C(=O)NCC3CCCC(C)(C)C3C)cccc2n1. The van der Waals surface area contributed by atoms with E-state index in [1.807, 2.05) is 0 Å². The van der Waals surface area contributed by atoms with Gasteiger partial charge in [-0.2, -0.15) is 0 Å². The van der Waals surface area contributed by atoms with Crippen molar-refractivity contribution < 1.29 is 14.3 Å². The monoisotopic (exact) mass is 414 g/mol. The van der Waals surface area contributed by atoms with Gasteiger partial charge in [0.1, 0.15) is 17.0 Å². The van der Waals surface area contributed by atoms with Gasteiger partial charge in [0.15, 0.2) is 0 Å². The molecule has 1 fully saturated rings. The topological polar surface area (TPSA) is 84.7 Å². The molecule has 0 spiro atoms. The average molecular weight is 415 g/mol. The number of hydrogen-bond acceptors (Lipinski definition) is 4. The number of ether oxygens (including phenoxy) is 1. The first kappa shape index (κ1) is 22.3. The van der Waals surface area contributed by atoms with Gasteiger partial charge in [-0.25, -0.2) is 4.98 Å². The van der Waals surface area contributed by atoms with Gasteiger partial charge in [-0.05, 0) is 48.6 Å². The van der Waals surface area contributed by atoms with Gasteiger partial charge in [0, 0.05) is 33.0 Å². The highest BCUT2D eigenvalue weighted by atomic mass is 16.5. The first-order chi connectivity index (χ1) is 14.3. The molecule has 2 unspecified atom stereocenters. The lowest BCUT2D eigenvalue weighted by molar-refractivity contribution is 0.0785. The van der Waals surface area contributed by atoms with Gasteiger partial charge in [-0.15, -0.1) is 0 Å². The lowest BCUT2D eigenvalue weighted by Gasteiger charge is -2.42. The molecule has 7 heteroatoms. The molecule has 0 saturated heterocycles. The first-order valence-corrected chi connectivity index (χ1v) is 10.9. The molecule has 2 aromatic heterocycles. The van der Waals surface area contributed by atoms with E-state index in [2.05, 4.69) is 36.4 Å². The normalized spacial score (nSPS) is 20.8. The molecule has 2 amide bonds. The first-order valence-electron chi connectivity index (χ1n) is 10.9. The average Bonchev–Trinajstić information content (AvgIpc) is 3.16. The highest BCUT2D eigenvalue weighted by molar-refractivity contribution is 5.95. The lowest BCUT2D eigenvalue weighted by Crippen LogP contribution is -2.40. The van der Waals surface area contributed by atoms with E-state index in [0.717, 1.165) is 12.8 Å². The van der Waals surface area contributed by atoms with Gasteiger partial charge in [-0.1, -0.05) is 33.3 Å². The van der Waals surface area contributed by atoms with E-state index in [9.17, 15) is 9.59 Å². The lowest BCUT2D eigenvalue weighted by atomic mass is 9.64. The second-order valence-corrected chi connectivity index (χ2v) is 9.01. The zero-order chi connectivity index (χ0) is 21.7. The zero-order valence-electron chi connectivity index (χ0n) is 18.5. The number of nitrogens with one attached hydrogen (secondary N) is 2. The minimum Gasteiger partial charge on any atom is -0.385 e. The van der Waals surface area contributed by atoms with Crippen molar-refractivity contribution >= 4 is 17.5 Å². The summed E-state index contributed by atoms with van der Waals surface area (Å²) < 4.78 is 6.68. The van der Waals surface area contributed by atoms with Crippen LogP contribution in [0.15, 0.2) is 24.4 Å². The Hall–Kier alpha value is -2.41. The molecule has 2 N–H and O–H groups in total. The maximum absolute atomic E-state index is 12.9. The van der Waals surface area contributed by atoms with Gasteiger partial charge < -0.3 is 15.4 Å². The largest absolute Gasteiger partial charge is 0.385 e. The van der Waals surface area contributed by atoms with Crippen LogP contribution in [0.25, 0.3) is 5.65 Å². The number of hydrogen-bond donors (Lipinski definition) is 2. The van der Waals surface area contributed by atoms with Crippen molar-refractivity contribution in [3.63, 3.8) is 0 Å². The summed E-state index contributed by atoms with van der Waals surface area (Å²) in [6, 6.07) is 5.35. The molecule has 1 aliphatic carbocycles. The number of nitrogens with zero attached hydrogens (tertiary/aromatic N) is 2. The number of carbonyl (C=O) groups is 2. The van der Waals surface area contributed by atoms with E-state index in [0.29, 0.717) is 54.0 Å². The Kier molecular flexibility index (Phi) is 7.13. The third-order valence-electron chi connectivity index (χ3n) is 6.63. The number of aromatic nitrogens is 2. The Labute approximate surface area is 178 Å². The van der Waals surface area contributed by atoms with Gasteiger partial charge in [0.25, 0.3) is 11.8 Å². The van der Waals surface area contributed by atoms with Crippen molar-refractivity contribution in [3.8, 4) is 0 Å². The molecule has 0 bridgehead atoms. The number of fused-ring (bicyclic) bond motifs is 1. The highest BCUT2D eigenvalue weighted by Gasteiger charge is 2.35. The van der Waals surface area contributed by atoms with Gasteiger partial charge >= 0.3 is 0 Å². The smallest absolute Gasteiger partial charge is 0.271 e. The molecule has 2 atom stereocenters. The molecule has 1 aliphatic rings. The minimum atomic E-state index is -0.251. The number of methoxy groups -OCH3 is 1. The Balaban J connectivity index is 1.67. The number of pyridine rings is 1. The molecular weight excluding hydrogens is 380 g/mol. The van der Waals surface area contributed by atoms with E-state index in [4.69, 9.17) is 4.74 Å². The molecule has 0 aliphatic heterocycles. The van der Waals surface area contributed by atoms with E-state index in [1.54, 1.807) is 35.9 Å². The van der Waals surface area contributed by atoms with Crippen LogP contribution < -0.4 is 10.6 Å². The van der Waals surface area contributed by atoms with Crippen molar-refractivity contribution in [2.75, 3.05) is 26.8 Å². The van der Waals surface area contributed by atoms with Crippen LogP contribution in [-0.4, -0.2) is 48.0 Å². The van der Waals surface area contributed by atoms with Crippen LogP contribution in [0, 0.1) is 17.3 Å². The van der Waals surface area contributed by atoms with Gasteiger partial charge in [0.05, 0.1) is 0 Å². The van der Waals surface area contributed by atoms with Gasteiger partial charge in [-0.3, -0.25) is 14.0 Å². The highest BCUT2D eigenvalue weighted by Crippen LogP contribution is 2.43. The summed E-state index contributed by atoms with van der Waals surface area (Å²) in [6.45, 7) is 8.71. The van der Waals surface area contributed by atoms with Crippen LogP contribution >= 0.6 is 0 Å². The van der Waals surface area contributed by atoms with Crippen molar-refractivity contribution in [2.24, 2.45) is 17.3 Å². The number of amides is 2. The second kappa shape index (κ2) is 9.60. The van der Waals surface area contributed by atoms with E-state index < -0.39 is 0 Å². The van der Waals surface area contributed by atoms with Crippen molar-refractivity contribution in [1.82, 2.24) is 20.0 Å². The third kappa shape index (κ3) is 5.01. The van der Waals surface area contributed by atoms with Crippen molar-refractivity contribution in [1.29, 1.82) is 0 Å². The van der Waals surface area contributed by atoms with Crippen LogP contribution in [0.3, 0.4) is 0 Å². The quantitative estimate of drug-likeness (QED) is 0.649. The fraction of sp³-hybridized carbons (Fsp3) is 0.609. The van der Waals surface area contributed by atoms with Crippen molar-refractivity contribution in [3.05, 3.63) is 35.8 Å². The molecule has 3 rings (SSSR count). The summed E-state index contributed by atoms with van der Waals surface area (Å²) in [6.07, 6.45) is 5.95. The fourth-order valence-corrected chi connectivity index (χ4v) is 4.34. The van der Waals surface area contributed by atoms with Gasteiger partial charge in [0.2, 0.25) is 0 Å². The Morgan fingerprint density at radius 2 is 2.07 bits per heavy atom. The maximum Gasteiger partial charge on any atom is 0.271 e. The molecule has 1 saturated carbocycles. The van der Waals surface area contributed by atoms with Crippen molar-refractivity contribution in [2.45, 2.75) is 46.5 Å². The summed E-state index contributed by atoms with van der Waals surface area (Å²) in [4.78, 5) is 29.7. The Bertz CT molecular complexity index is 890. The standard InChI is InChI=1S/C23H34N4O3/c1-16-17(8-6-11-23(16,2)3)14-25-22(29)19-9-5-10-20-26-18(15-27(19)20)21(28)24-12-7-13-30-4/h5,9-10,15-17H,6-8,11-14H2,1-4H3,(H,24,28)(H,25,29). The number of imidazole rings is 1. The van der Waals surface area contributed by atoms with E-state index >= 15 is 0 Å². The zero-order valence-corrected chi connectivity index (χ0v) is 18.5. The Morgan fingerprint density at radius 1 is 1.27 bits per heavy atom. The van der Waals surface area contributed by atoms with Crippen LogP contribution in [-0.2, 0) is 4.74 Å². The predicted octanol–water partition coefficient (Wildman–Crippen LogP) is 3.29. The molecule has 2 aromatic rings. The third-order valence-corrected chi connectivity index (χ3v) is 6.63. The molecule has 164 valence electrons. The summed E-state index contributed by atoms with van der Waals surface area (Å²) >= 11 is 0. The second-order valence-electron chi connectivity index (χ2n) is 9.01. The fourth-order valence-electron chi connectivity index (χ4n) is 4.34. The molecule has 0 aromatic carbocycles. The summed E-state index contributed by atoms with van der Waals surface area (Å²) in [5, 5.41) is 5.94. The summed E-state index contributed by atoms with van der Waals surface area (Å²) in [7, 11) is 1.63. The minimum absolute atomic E-state index is 0.138. The summed E-state index contributed by atoms with van der Waals surface area (Å²) in [5.74, 6) is 0.650. The molecule has 0 radical (unpaired) electrons. The van der Waals surface area contributed by atoms with E-state index in [1.165, 1.54) is 12.8 Å². The van der Waals surface area contributed by atoms with Crippen LogP contribution in [0.4, 0.5) is 0 Å². The molecular formula is C23H34N4O3. The van der Waals surface area contributed by atoms with Crippen LogP contribution in [0.5, 0.6) is 0 Å². The summed E-state index contributed by atoms with van der Waals surface area (Å²) in [5.41, 5.74) is 1.68. The van der Waals surface area contributed by atoms with Crippen LogP contribution in [0.1, 0.15) is 67.4 Å². The molecule has 30 heavy (non-hydrogen) atoms. The van der Waals surface area contributed by atoms with Crippen LogP contribution in [0.2, 0.25) is 0 Å².